The second-order valence-corrected chi connectivity index (χ2v) is 6.27. The summed E-state index contributed by atoms with van der Waals surface area (Å²) in [6.45, 7) is 2.18. The molecule has 0 atom stereocenters. The minimum absolute atomic E-state index is 0.0798. The summed E-state index contributed by atoms with van der Waals surface area (Å²) in [6.07, 6.45) is 5.17. The largest absolute Gasteiger partial charge is 0.322 e. The molecule has 0 radical (unpaired) electrons. The zero-order valence-corrected chi connectivity index (χ0v) is 12.9. The fraction of sp³-hybridized carbons (Fsp3) is 0.533. The van der Waals surface area contributed by atoms with Gasteiger partial charge in [0, 0.05) is 23.9 Å². The van der Waals surface area contributed by atoms with Crippen LogP contribution in [-0.2, 0) is 12.0 Å². The van der Waals surface area contributed by atoms with Gasteiger partial charge >= 0.3 is 0 Å². The number of fused-ring (bicyclic) bond motifs is 1. The molecule has 2 nitrogen and oxygen atoms in total. The third kappa shape index (κ3) is 2.03. The second kappa shape index (κ2) is 5.19. The van der Waals surface area contributed by atoms with Crippen molar-refractivity contribution in [1.29, 1.82) is 0 Å². The number of hydrogen-bond donors (Lipinski definition) is 0. The van der Waals surface area contributed by atoms with Crippen molar-refractivity contribution in [3.63, 3.8) is 0 Å². The molecule has 3 rings (SSSR count). The van der Waals surface area contributed by atoms with Gasteiger partial charge in [-0.2, -0.15) is 0 Å². The Morgan fingerprint density at radius 3 is 2.70 bits per heavy atom. The number of rotatable bonds is 4. The smallest absolute Gasteiger partial charge is 0.144 e. The van der Waals surface area contributed by atoms with Crippen LogP contribution in [0.1, 0.15) is 38.4 Å². The van der Waals surface area contributed by atoms with Crippen molar-refractivity contribution in [2.45, 2.75) is 44.6 Å². The molecule has 0 saturated heterocycles. The number of benzene rings is 1. The summed E-state index contributed by atoms with van der Waals surface area (Å²) in [6, 6.07) is 3.13. The molecule has 1 heterocycles. The highest BCUT2D eigenvalue weighted by Gasteiger charge is 2.39. The minimum atomic E-state index is -0.386. The van der Waals surface area contributed by atoms with E-state index in [2.05, 4.69) is 16.5 Å². The van der Waals surface area contributed by atoms with E-state index in [-0.39, 0.29) is 16.4 Å². The first kappa shape index (κ1) is 14.2. The second-order valence-electron chi connectivity index (χ2n) is 5.49. The lowest BCUT2D eigenvalue weighted by Crippen LogP contribution is -2.41. The Kier molecular flexibility index (Phi) is 3.67. The van der Waals surface area contributed by atoms with Crippen LogP contribution >= 0.6 is 23.2 Å². The zero-order valence-electron chi connectivity index (χ0n) is 11.4. The van der Waals surface area contributed by atoms with Crippen LogP contribution in [0.15, 0.2) is 12.1 Å². The summed E-state index contributed by atoms with van der Waals surface area (Å²) in [5.41, 5.74) is 1.68. The maximum atomic E-state index is 13.8. The highest BCUT2D eigenvalue weighted by Crippen LogP contribution is 2.45. The third-order valence-electron chi connectivity index (χ3n) is 4.50. The molecule has 108 valence electrons. The van der Waals surface area contributed by atoms with Crippen LogP contribution in [0, 0.1) is 5.82 Å². The number of aryl methyl sites for hydroxylation is 1. The first-order chi connectivity index (χ1) is 9.61. The minimum Gasteiger partial charge on any atom is -0.322 e. The van der Waals surface area contributed by atoms with Gasteiger partial charge in [-0.3, -0.25) is 0 Å². The maximum absolute atomic E-state index is 13.8. The van der Waals surface area contributed by atoms with E-state index in [1.165, 1.54) is 12.5 Å². The molecular weight excluding hydrogens is 298 g/mol. The molecule has 1 aliphatic carbocycles. The van der Waals surface area contributed by atoms with E-state index in [0.29, 0.717) is 12.3 Å². The topological polar surface area (TPSA) is 17.8 Å². The van der Waals surface area contributed by atoms with E-state index in [1.54, 1.807) is 6.07 Å². The highest BCUT2D eigenvalue weighted by molar-refractivity contribution is 6.31. The quantitative estimate of drug-likeness (QED) is 0.734. The average molecular weight is 315 g/mol. The molecular formula is C15H17Cl2FN2. The maximum Gasteiger partial charge on any atom is 0.144 e. The highest BCUT2D eigenvalue weighted by atomic mass is 35.5. The van der Waals surface area contributed by atoms with Gasteiger partial charge in [0.05, 0.1) is 16.1 Å². The molecule has 2 aromatic rings. The number of imidazole rings is 1. The van der Waals surface area contributed by atoms with Crippen molar-refractivity contribution < 1.29 is 4.39 Å². The van der Waals surface area contributed by atoms with Crippen molar-refractivity contribution in [2.75, 3.05) is 5.88 Å². The van der Waals surface area contributed by atoms with Gasteiger partial charge in [-0.25, -0.2) is 9.37 Å². The van der Waals surface area contributed by atoms with Crippen molar-refractivity contribution in [3.05, 3.63) is 28.8 Å². The van der Waals surface area contributed by atoms with Gasteiger partial charge in [-0.1, -0.05) is 18.5 Å². The first-order valence-electron chi connectivity index (χ1n) is 7.04. The standard InChI is InChI=1S/C15H17Cl2FN2/c1-2-15(5-3-6-15)20-13-9-11(18)10(17)8-12(13)19-14(20)4-7-16/h8-9H,2-7H2,1H3. The normalized spacial score (nSPS) is 17.4. The Morgan fingerprint density at radius 1 is 1.40 bits per heavy atom. The van der Waals surface area contributed by atoms with E-state index < -0.39 is 0 Å². The van der Waals surface area contributed by atoms with Gasteiger partial charge in [0.2, 0.25) is 0 Å². The van der Waals surface area contributed by atoms with Crippen molar-refractivity contribution in [1.82, 2.24) is 9.55 Å². The van der Waals surface area contributed by atoms with Gasteiger partial charge < -0.3 is 4.57 Å². The molecule has 0 spiro atoms. The Hall–Kier alpha value is -0.800. The molecule has 20 heavy (non-hydrogen) atoms. The van der Waals surface area contributed by atoms with Gasteiger partial charge in [0.25, 0.3) is 0 Å². The van der Waals surface area contributed by atoms with Crippen LogP contribution in [0.3, 0.4) is 0 Å². The van der Waals surface area contributed by atoms with Crippen LogP contribution < -0.4 is 0 Å². The lowest BCUT2D eigenvalue weighted by atomic mass is 9.74. The van der Waals surface area contributed by atoms with Gasteiger partial charge in [0.15, 0.2) is 0 Å². The fourth-order valence-corrected chi connectivity index (χ4v) is 3.55. The molecule has 0 unspecified atom stereocenters. The van der Waals surface area contributed by atoms with Crippen molar-refractivity contribution in [2.24, 2.45) is 0 Å². The van der Waals surface area contributed by atoms with Crippen LogP contribution in [0.4, 0.5) is 4.39 Å². The lowest BCUT2D eigenvalue weighted by Gasteiger charge is -2.44. The van der Waals surface area contributed by atoms with Crippen molar-refractivity contribution in [3.8, 4) is 0 Å². The van der Waals surface area contributed by atoms with E-state index in [1.807, 2.05) is 0 Å². The number of alkyl halides is 1. The van der Waals surface area contributed by atoms with Gasteiger partial charge in [-0.05, 0) is 31.7 Å². The number of nitrogens with zero attached hydrogens (tertiary/aromatic N) is 2. The summed E-state index contributed by atoms with van der Waals surface area (Å²) >= 11 is 11.8. The van der Waals surface area contributed by atoms with Crippen LogP contribution in [0.2, 0.25) is 5.02 Å². The van der Waals surface area contributed by atoms with E-state index in [9.17, 15) is 4.39 Å². The molecule has 5 heteroatoms. The zero-order chi connectivity index (χ0) is 14.3. The summed E-state index contributed by atoms with van der Waals surface area (Å²) < 4.78 is 16.1. The molecule has 0 bridgehead atoms. The Labute approximate surface area is 127 Å². The molecule has 0 amide bonds. The third-order valence-corrected chi connectivity index (χ3v) is 4.98. The number of halogens is 3. The molecule has 1 aromatic heterocycles. The Balaban J connectivity index is 2.26. The summed E-state index contributed by atoms with van der Waals surface area (Å²) in [5, 5.41) is 0.124. The predicted molar refractivity (Wildman–Crippen MR) is 81.2 cm³/mol. The molecule has 1 aromatic carbocycles. The van der Waals surface area contributed by atoms with E-state index in [4.69, 9.17) is 23.2 Å². The molecule has 1 fully saturated rings. The Bertz CT molecular complexity index is 641. The SMILES string of the molecule is CCC1(n2c(CCCl)nc3cc(Cl)c(F)cc32)CCC1. The number of aromatic nitrogens is 2. The van der Waals surface area contributed by atoms with Gasteiger partial charge in [-0.15, -0.1) is 11.6 Å². The lowest BCUT2D eigenvalue weighted by molar-refractivity contribution is 0.137. The van der Waals surface area contributed by atoms with E-state index >= 15 is 0 Å². The molecule has 1 aliphatic rings. The first-order valence-corrected chi connectivity index (χ1v) is 7.95. The summed E-state index contributed by atoms with van der Waals surface area (Å²) in [4.78, 5) is 4.63. The molecule has 0 N–H and O–H groups in total. The Morgan fingerprint density at radius 2 is 2.15 bits per heavy atom. The van der Waals surface area contributed by atoms with E-state index in [0.717, 1.165) is 36.1 Å². The van der Waals surface area contributed by atoms with Gasteiger partial charge in [0.1, 0.15) is 11.6 Å². The predicted octanol–water partition coefficient (Wildman–Crippen LogP) is 4.90. The monoisotopic (exact) mass is 314 g/mol. The van der Waals surface area contributed by atoms with Crippen LogP contribution in [-0.4, -0.2) is 15.4 Å². The molecule has 0 aliphatic heterocycles. The summed E-state index contributed by atoms with van der Waals surface area (Å²) in [7, 11) is 0. The van der Waals surface area contributed by atoms with Crippen molar-refractivity contribution >= 4 is 34.2 Å². The van der Waals surface area contributed by atoms with Crippen LogP contribution in [0.25, 0.3) is 11.0 Å². The van der Waals surface area contributed by atoms with Crippen LogP contribution in [0.5, 0.6) is 0 Å². The molecule has 1 saturated carbocycles. The summed E-state index contributed by atoms with van der Waals surface area (Å²) in [5.74, 6) is 1.07. The fourth-order valence-electron chi connectivity index (χ4n) is 3.22. The average Bonchev–Trinajstić information content (AvgIpc) is 2.69. The number of hydrogen-bond acceptors (Lipinski definition) is 1.